The predicted molar refractivity (Wildman–Crippen MR) is 65.5 cm³/mol. The fourth-order valence-corrected chi connectivity index (χ4v) is 1.87. The van der Waals surface area contributed by atoms with Crippen LogP contribution in [0.25, 0.3) is 0 Å². The maximum absolute atomic E-state index is 5.81. The molecule has 0 atom stereocenters. The van der Waals surface area contributed by atoms with Gasteiger partial charge in [-0.3, -0.25) is 4.98 Å². The summed E-state index contributed by atoms with van der Waals surface area (Å²) in [5, 5.41) is 0. The van der Waals surface area contributed by atoms with Gasteiger partial charge in [0.15, 0.2) is 0 Å². The van der Waals surface area contributed by atoms with Gasteiger partial charge in [-0.1, -0.05) is 6.07 Å². The van der Waals surface area contributed by atoms with Crippen molar-refractivity contribution in [2.24, 2.45) is 0 Å². The van der Waals surface area contributed by atoms with Crippen LogP contribution in [-0.2, 0) is 6.42 Å². The van der Waals surface area contributed by atoms with Gasteiger partial charge in [-0.15, -0.1) is 0 Å². The maximum Gasteiger partial charge on any atom is 0.136 e. The Morgan fingerprint density at radius 1 is 1.24 bits per heavy atom. The van der Waals surface area contributed by atoms with E-state index in [-0.39, 0.29) is 0 Å². The number of nitrogen functional groups attached to an aromatic ring is 1. The number of aromatic nitrogens is 3. The molecular formula is C13H14N4. The van der Waals surface area contributed by atoms with Crippen molar-refractivity contribution in [2.45, 2.75) is 25.2 Å². The Morgan fingerprint density at radius 3 is 2.82 bits per heavy atom. The van der Waals surface area contributed by atoms with Crippen LogP contribution >= 0.6 is 0 Å². The molecule has 0 aliphatic heterocycles. The van der Waals surface area contributed by atoms with Gasteiger partial charge in [0, 0.05) is 29.6 Å². The Kier molecular flexibility index (Phi) is 2.48. The molecule has 1 aliphatic carbocycles. The van der Waals surface area contributed by atoms with E-state index in [9.17, 15) is 0 Å². The van der Waals surface area contributed by atoms with E-state index in [1.165, 1.54) is 12.8 Å². The fourth-order valence-electron chi connectivity index (χ4n) is 1.87. The molecule has 0 radical (unpaired) electrons. The Morgan fingerprint density at radius 2 is 2.12 bits per heavy atom. The first kappa shape index (κ1) is 10.2. The normalized spacial score (nSPS) is 14.8. The van der Waals surface area contributed by atoms with Gasteiger partial charge in [0.25, 0.3) is 0 Å². The zero-order valence-corrected chi connectivity index (χ0v) is 9.50. The minimum Gasteiger partial charge on any atom is -0.384 e. The highest BCUT2D eigenvalue weighted by Gasteiger charge is 2.25. The topological polar surface area (TPSA) is 64.7 Å². The predicted octanol–water partition coefficient (Wildman–Crippen LogP) is 1.92. The smallest absolute Gasteiger partial charge is 0.136 e. The monoisotopic (exact) mass is 226 g/mol. The Hall–Kier alpha value is -1.97. The molecule has 2 aromatic rings. The highest BCUT2D eigenvalue weighted by molar-refractivity contribution is 5.33. The molecule has 4 nitrogen and oxygen atoms in total. The molecule has 86 valence electrons. The number of hydrogen-bond acceptors (Lipinski definition) is 4. The van der Waals surface area contributed by atoms with Crippen molar-refractivity contribution in [1.82, 2.24) is 15.0 Å². The molecule has 4 heteroatoms. The summed E-state index contributed by atoms with van der Waals surface area (Å²) in [5.74, 6) is 1.93. The van der Waals surface area contributed by atoms with Gasteiger partial charge in [0.2, 0.25) is 0 Å². The SMILES string of the molecule is Nc1cc(C2CC2)nc(Cc2ccccn2)n1. The standard InChI is InChI=1S/C13H14N4/c14-12-8-11(9-4-5-9)16-13(17-12)7-10-3-1-2-6-15-10/h1-3,6,8-9H,4-5,7H2,(H2,14,16,17). The lowest BCUT2D eigenvalue weighted by molar-refractivity contribution is 0.888. The summed E-state index contributed by atoms with van der Waals surface area (Å²) in [6.07, 6.45) is 4.87. The summed E-state index contributed by atoms with van der Waals surface area (Å²) in [7, 11) is 0. The van der Waals surface area contributed by atoms with Crippen molar-refractivity contribution in [2.75, 3.05) is 5.73 Å². The molecule has 0 amide bonds. The third kappa shape index (κ3) is 2.41. The van der Waals surface area contributed by atoms with Gasteiger partial charge in [0.1, 0.15) is 11.6 Å². The van der Waals surface area contributed by atoms with E-state index in [4.69, 9.17) is 5.73 Å². The van der Waals surface area contributed by atoms with Gasteiger partial charge in [-0.05, 0) is 25.0 Å². The largest absolute Gasteiger partial charge is 0.384 e. The highest BCUT2D eigenvalue weighted by Crippen LogP contribution is 2.39. The lowest BCUT2D eigenvalue weighted by atomic mass is 10.2. The molecule has 3 rings (SSSR count). The van der Waals surface area contributed by atoms with Crippen LogP contribution in [0.1, 0.15) is 36.0 Å². The van der Waals surface area contributed by atoms with Gasteiger partial charge < -0.3 is 5.73 Å². The van der Waals surface area contributed by atoms with Crippen LogP contribution in [-0.4, -0.2) is 15.0 Å². The average Bonchev–Trinajstić information content (AvgIpc) is 3.13. The quantitative estimate of drug-likeness (QED) is 0.868. The van der Waals surface area contributed by atoms with Crippen LogP contribution in [0.5, 0.6) is 0 Å². The lowest BCUT2D eigenvalue weighted by Gasteiger charge is -2.04. The Labute approximate surface area is 99.9 Å². The van der Waals surface area contributed by atoms with Crippen molar-refractivity contribution >= 4 is 5.82 Å². The molecule has 1 aliphatic rings. The number of rotatable bonds is 3. The van der Waals surface area contributed by atoms with E-state index in [1.807, 2.05) is 24.3 Å². The number of nitrogens with zero attached hydrogens (tertiary/aromatic N) is 3. The number of anilines is 1. The van der Waals surface area contributed by atoms with Crippen molar-refractivity contribution in [1.29, 1.82) is 0 Å². The van der Waals surface area contributed by atoms with Crippen LogP contribution in [0.3, 0.4) is 0 Å². The molecule has 1 saturated carbocycles. The highest BCUT2D eigenvalue weighted by atomic mass is 15.0. The fraction of sp³-hybridized carbons (Fsp3) is 0.308. The van der Waals surface area contributed by atoms with E-state index >= 15 is 0 Å². The number of pyridine rings is 1. The summed E-state index contributed by atoms with van der Waals surface area (Å²) in [4.78, 5) is 13.1. The minimum atomic E-state index is 0.563. The second-order valence-corrected chi connectivity index (χ2v) is 4.41. The third-order valence-electron chi connectivity index (χ3n) is 2.87. The molecule has 0 saturated heterocycles. The maximum atomic E-state index is 5.81. The molecule has 2 aromatic heterocycles. The zero-order valence-electron chi connectivity index (χ0n) is 9.50. The molecule has 0 spiro atoms. The molecule has 0 aromatic carbocycles. The zero-order chi connectivity index (χ0) is 11.7. The van der Waals surface area contributed by atoms with Crippen molar-refractivity contribution in [3.05, 3.63) is 47.7 Å². The second-order valence-electron chi connectivity index (χ2n) is 4.41. The van der Waals surface area contributed by atoms with E-state index in [0.29, 0.717) is 18.2 Å². The van der Waals surface area contributed by atoms with E-state index in [0.717, 1.165) is 17.2 Å². The summed E-state index contributed by atoms with van der Waals surface area (Å²) in [5.41, 5.74) is 7.87. The van der Waals surface area contributed by atoms with Crippen LogP contribution in [0.4, 0.5) is 5.82 Å². The molecular weight excluding hydrogens is 212 g/mol. The van der Waals surface area contributed by atoms with Crippen LogP contribution in [0.15, 0.2) is 30.5 Å². The van der Waals surface area contributed by atoms with Gasteiger partial charge in [-0.2, -0.15) is 0 Å². The van der Waals surface area contributed by atoms with Crippen LogP contribution in [0, 0.1) is 0 Å². The van der Waals surface area contributed by atoms with E-state index in [2.05, 4.69) is 15.0 Å². The average molecular weight is 226 g/mol. The van der Waals surface area contributed by atoms with Gasteiger partial charge in [0.05, 0.1) is 6.42 Å². The summed E-state index contributed by atoms with van der Waals surface area (Å²) < 4.78 is 0. The molecule has 1 fully saturated rings. The molecule has 17 heavy (non-hydrogen) atoms. The van der Waals surface area contributed by atoms with Crippen molar-refractivity contribution in [3.63, 3.8) is 0 Å². The van der Waals surface area contributed by atoms with Gasteiger partial charge >= 0.3 is 0 Å². The van der Waals surface area contributed by atoms with E-state index in [1.54, 1.807) is 6.20 Å². The summed E-state index contributed by atoms with van der Waals surface area (Å²) in [6, 6.07) is 7.73. The summed E-state index contributed by atoms with van der Waals surface area (Å²) >= 11 is 0. The molecule has 0 unspecified atom stereocenters. The Balaban J connectivity index is 1.87. The first-order valence-electron chi connectivity index (χ1n) is 5.84. The molecule has 0 bridgehead atoms. The third-order valence-corrected chi connectivity index (χ3v) is 2.87. The van der Waals surface area contributed by atoms with E-state index < -0.39 is 0 Å². The molecule has 2 heterocycles. The lowest BCUT2D eigenvalue weighted by Crippen LogP contribution is -2.04. The van der Waals surface area contributed by atoms with Crippen LogP contribution < -0.4 is 5.73 Å². The number of nitrogens with two attached hydrogens (primary N) is 1. The molecule has 2 N–H and O–H groups in total. The minimum absolute atomic E-state index is 0.563. The van der Waals surface area contributed by atoms with Gasteiger partial charge in [-0.25, -0.2) is 9.97 Å². The van der Waals surface area contributed by atoms with Crippen LogP contribution in [0.2, 0.25) is 0 Å². The Bertz CT molecular complexity index is 520. The first-order valence-corrected chi connectivity index (χ1v) is 5.84. The first-order chi connectivity index (χ1) is 8.31. The van der Waals surface area contributed by atoms with Crippen molar-refractivity contribution in [3.8, 4) is 0 Å². The number of hydrogen-bond donors (Lipinski definition) is 1. The summed E-state index contributed by atoms with van der Waals surface area (Å²) in [6.45, 7) is 0. The van der Waals surface area contributed by atoms with Crippen molar-refractivity contribution < 1.29 is 0 Å². The second kappa shape index (κ2) is 4.13.